The van der Waals surface area contributed by atoms with Gasteiger partial charge in [-0.3, -0.25) is 0 Å². The number of rotatable bonds is 5. The highest BCUT2D eigenvalue weighted by molar-refractivity contribution is 7.09. The van der Waals surface area contributed by atoms with Crippen LogP contribution in [-0.4, -0.2) is 9.04 Å². The molecule has 1 aromatic heterocycles. The van der Waals surface area contributed by atoms with Crippen molar-refractivity contribution in [1.82, 2.24) is 0 Å². The summed E-state index contributed by atoms with van der Waals surface area (Å²) in [5.41, 5.74) is 2.34. The number of benzene rings is 1. The van der Waals surface area contributed by atoms with Gasteiger partial charge in [-0.05, 0) is 49.2 Å². The summed E-state index contributed by atoms with van der Waals surface area (Å²) in [6, 6.07) is 10.5. The van der Waals surface area contributed by atoms with Crippen LogP contribution >= 0.6 is 11.3 Å². The SMILES string of the molecule is Cc1ccc(O[Si](C)C)c(NCc2cccs2)c1.[H+]. The maximum absolute atomic E-state index is 5.91. The van der Waals surface area contributed by atoms with Gasteiger partial charge in [0, 0.05) is 11.4 Å². The van der Waals surface area contributed by atoms with Crippen LogP contribution in [0.2, 0.25) is 13.1 Å². The van der Waals surface area contributed by atoms with Crippen LogP contribution in [0.3, 0.4) is 0 Å². The predicted molar refractivity (Wildman–Crippen MR) is 82.0 cm³/mol. The van der Waals surface area contributed by atoms with Crippen LogP contribution in [0.5, 0.6) is 5.75 Å². The molecule has 0 unspecified atom stereocenters. The number of nitrogens with one attached hydrogen (secondary N) is 1. The second-order valence-corrected chi connectivity index (χ2v) is 7.50. The molecule has 0 saturated carbocycles. The molecule has 0 aliphatic rings. The van der Waals surface area contributed by atoms with Crippen molar-refractivity contribution in [1.29, 1.82) is 0 Å². The van der Waals surface area contributed by atoms with Gasteiger partial charge in [0.25, 0.3) is 9.04 Å². The van der Waals surface area contributed by atoms with Crippen LogP contribution in [0.15, 0.2) is 35.7 Å². The van der Waals surface area contributed by atoms with Crippen molar-refractivity contribution in [3.63, 3.8) is 0 Å². The lowest BCUT2D eigenvalue weighted by Crippen LogP contribution is -2.13. The Balaban J connectivity index is 0.00000180. The maximum Gasteiger partial charge on any atom is 1.00 e. The minimum absolute atomic E-state index is 0. The normalized spacial score (nSPS) is 10.7. The monoisotopic (exact) mass is 277 g/mol. The van der Waals surface area contributed by atoms with E-state index in [1.807, 2.05) is 0 Å². The average molecular weight is 277 g/mol. The van der Waals surface area contributed by atoms with Crippen molar-refractivity contribution in [2.45, 2.75) is 26.6 Å². The fourth-order valence-corrected chi connectivity index (χ4v) is 2.95. The average Bonchev–Trinajstić information content (AvgIpc) is 2.82. The van der Waals surface area contributed by atoms with E-state index in [-0.39, 0.29) is 1.43 Å². The third kappa shape index (κ3) is 3.61. The molecule has 1 radical (unpaired) electrons. The number of aryl methyl sites for hydroxylation is 1. The summed E-state index contributed by atoms with van der Waals surface area (Å²) >= 11 is 1.77. The lowest BCUT2D eigenvalue weighted by molar-refractivity contribution is 0.582. The Morgan fingerprint density at radius 1 is 1.33 bits per heavy atom. The predicted octanol–water partition coefficient (Wildman–Crippen LogP) is 4.41. The Hall–Kier alpha value is -1.26. The molecule has 4 heteroatoms. The molecule has 0 aliphatic heterocycles. The number of hydrogen-bond acceptors (Lipinski definition) is 3. The highest BCUT2D eigenvalue weighted by Crippen LogP contribution is 2.27. The van der Waals surface area contributed by atoms with Crippen molar-refractivity contribution in [2.75, 3.05) is 5.32 Å². The molecule has 1 heterocycles. The smallest absolute Gasteiger partial charge is 0.541 e. The second-order valence-electron chi connectivity index (χ2n) is 4.44. The van der Waals surface area contributed by atoms with Gasteiger partial charge in [0.2, 0.25) is 0 Å². The standard InChI is InChI=1S/C14H18NOSSi/c1-11-6-7-14(16-18(2)3)13(9-11)15-10-12-5-4-8-17-12/h4-9,15H,10H2,1-3H3/p+1. The Morgan fingerprint density at radius 3 is 2.83 bits per heavy atom. The molecule has 0 saturated heterocycles. The first-order chi connectivity index (χ1) is 8.65. The van der Waals surface area contributed by atoms with Gasteiger partial charge < -0.3 is 9.74 Å². The van der Waals surface area contributed by atoms with Crippen molar-refractivity contribution in [3.8, 4) is 5.75 Å². The molecule has 18 heavy (non-hydrogen) atoms. The molecule has 1 N–H and O–H groups in total. The van der Waals surface area contributed by atoms with Crippen LogP contribution in [0.1, 0.15) is 11.9 Å². The summed E-state index contributed by atoms with van der Waals surface area (Å²) in [5.74, 6) is 0.969. The highest BCUT2D eigenvalue weighted by Gasteiger charge is 2.07. The van der Waals surface area contributed by atoms with Crippen molar-refractivity contribution in [3.05, 3.63) is 46.2 Å². The minimum atomic E-state index is -0.730. The van der Waals surface area contributed by atoms with Crippen LogP contribution < -0.4 is 9.74 Å². The van der Waals surface area contributed by atoms with Crippen molar-refractivity contribution in [2.24, 2.45) is 0 Å². The molecular weight excluding hydrogens is 258 g/mol. The van der Waals surface area contributed by atoms with E-state index in [0.717, 1.165) is 18.0 Å². The Bertz CT molecular complexity index is 502. The van der Waals surface area contributed by atoms with Gasteiger partial charge in [-0.2, -0.15) is 0 Å². The zero-order valence-electron chi connectivity index (χ0n) is 12.0. The quantitative estimate of drug-likeness (QED) is 0.817. The first-order valence-corrected chi connectivity index (χ1v) is 9.29. The fraction of sp³-hybridized carbons (Fsp3) is 0.286. The van der Waals surface area contributed by atoms with E-state index in [1.165, 1.54) is 10.4 Å². The zero-order valence-corrected chi connectivity index (χ0v) is 12.8. The molecule has 0 amide bonds. The van der Waals surface area contributed by atoms with Gasteiger partial charge in [0.15, 0.2) is 0 Å². The Labute approximate surface area is 116 Å². The van der Waals surface area contributed by atoms with Crippen molar-refractivity contribution >= 4 is 26.1 Å². The molecule has 0 aliphatic carbocycles. The molecule has 2 aromatic rings. The zero-order chi connectivity index (χ0) is 13.0. The summed E-state index contributed by atoms with van der Waals surface area (Å²) < 4.78 is 5.91. The van der Waals surface area contributed by atoms with E-state index in [4.69, 9.17) is 4.43 Å². The Kier molecular flexibility index (Phi) is 4.44. The topological polar surface area (TPSA) is 21.3 Å². The summed E-state index contributed by atoms with van der Waals surface area (Å²) in [5, 5.41) is 5.56. The molecule has 2 nitrogen and oxygen atoms in total. The van der Waals surface area contributed by atoms with Crippen LogP contribution in [-0.2, 0) is 6.54 Å². The van der Waals surface area contributed by atoms with Crippen LogP contribution in [0.25, 0.3) is 0 Å². The molecule has 1 aromatic carbocycles. The van der Waals surface area contributed by atoms with Gasteiger partial charge in [-0.1, -0.05) is 12.1 Å². The second kappa shape index (κ2) is 6.07. The van der Waals surface area contributed by atoms with Gasteiger partial charge in [0.05, 0.1) is 5.69 Å². The lowest BCUT2D eigenvalue weighted by Gasteiger charge is -2.15. The first-order valence-electron chi connectivity index (χ1n) is 6.00. The fourth-order valence-electron chi connectivity index (χ4n) is 1.69. The van der Waals surface area contributed by atoms with Gasteiger partial charge >= 0.3 is 1.43 Å². The summed E-state index contributed by atoms with van der Waals surface area (Å²) in [6.07, 6.45) is 0. The molecule has 2 rings (SSSR count). The molecule has 0 bridgehead atoms. The highest BCUT2D eigenvalue weighted by atomic mass is 32.1. The molecule has 0 spiro atoms. The Morgan fingerprint density at radius 2 is 2.17 bits per heavy atom. The minimum Gasteiger partial charge on any atom is -0.541 e. The van der Waals surface area contributed by atoms with E-state index < -0.39 is 9.04 Å². The van der Waals surface area contributed by atoms with Gasteiger partial charge in [0.1, 0.15) is 5.75 Å². The molecule has 0 atom stereocenters. The number of thiophene rings is 1. The molecule has 95 valence electrons. The van der Waals surface area contributed by atoms with Crippen molar-refractivity contribution < 1.29 is 5.85 Å². The van der Waals surface area contributed by atoms with E-state index in [9.17, 15) is 0 Å². The third-order valence-corrected chi connectivity index (χ3v) is 3.99. The van der Waals surface area contributed by atoms with Crippen LogP contribution in [0, 0.1) is 6.92 Å². The largest absolute Gasteiger partial charge is 1.00 e. The summed E-state index contributed by atoms with van der Waals surface area (Å²) in [7, 11) is -0.730. The maximum atomic E-state index is 5.91. The first kappa shape index (κ1) is 13.2. The third-order valence-electron chi connectivity index (χ3n) is 2.48. The van der Waals surface area contributed by atoms with E-state index in [1.54, 1.807) is 11.3 Å². The number of anilines is 1. The van der Waals surface area contributed by atoms with Crippen LogP contribution in [0.4, 0.5) is 5.69 Å². The lowest BCUT2D eigenvalue weighted by atomic mass is 10.2. The van der Waals surface area contributed by atoms with E-state index >= 15 is 0 Å². The summed E-state index contributed by atoms with van der Waals surface area (Å²) in [4.78, 5) is 1.33. The molecular formula is C14H19NOSSi+. The van der Waals surface area contributed by atoms with E-state index in [2.05, 4.69) is 61.0 Å². The van der Waals surface area contributed by atoms with Gasteiger partial charge in [-0.15, -0.1) is 11.3 Å². The summed E-state index contributed by atoms with van der Waals surface area (Å²) in [6.45, 7) is 7.25. The molecule has 0 fully saturated rings. The number of hydrogen-bond donors (Lipinski definition) is 1. The van der Waals surface area contributed by atoms with Gasteiger partial charge in [-0.25, -0.2) is 0 Å². The van der Waals surface area contributed by atoms with E-state index in [0.29, 0.717) is 0 Å².